The van der Waals surface area contributed by atoms with Gasteiger partial charge < -0.3 is 5.32 Å². The Morgan fingerprint density at radius 1 is 1.21 bits per heavy atom. The Morgan fingerprint density at radius 3 is 2.84 bits per heavy atom. The molecule has 0 fully saturated rings. The largest absolute Gasteiger partial charge is 0.311 e. The zero-order valence-electron chi connectivity index (χ0n) is 12.1. The summed E-state index contributed by atoms with van der Waals surface area (Å²) < 4.78 is 2.20. The maximum atomic E-state index is 4.56. The van der Waals surface area contributed by atoms with Gasteiger partial charge in [0.2, 0.25) is 0 Å². The van der Waals surface area contributed by atoms with Crippen molar-refractivity contribution in [2.75, 3.05) is 6.54 Å². The van der Waals surface area contributed by atoms with E-state index in [0.29, 0.717) is 0 Å². The average Bonchev–Trinajstić information content (AvgIpc) is 2.95. The van der Waals surface area contributed by atoms with Gasteiger partial charge in [-0.3, -0.25) is 4.40 Å². The first-order chi connectivity index (χ1) is 9.33. The number of aromatic nitrogens is 2. The Kier molecular flexibility index (Phi) is 5.86. The molecule has 0 aliphatic heterocycles. The number of nitrogens with one attached hydrogen (secondary N) is 1. The van der Waals surface area contributed by atoms with Gasteiger partial charge in [0.25, 0.3) is 0 Å². The van der Waals surface area contributed by atoms with Gasteiger partial charge in [-0.15, -0.1) is 11.3 Å². The standard InChI is InChI=1S/C15H25N3S/c1-3-4-5-6-7-8-9-16-12-14-13(2)17-15-18(14)10-11-19-15/h10-11,16H,3-9,12H2,1-2H3. The van der Waals surface area contributed by atoms with E-state index in [1.54, 1.807) is 11.3 Å². The molecule has 0 spiro atoms. The van der Waals surface area contributed by atoms with Crippen molar-refractivity contribution in [2.45, 2.75) is 58.9 Å². The molecule has 2 aromatic heterocycles. The summed E-state index contributed by atoms with van der Waals surface area (Å²) >= 11 is 1.70. The quantitative estimate of drug-likeness (QED) is 0.699. The van der Waals surface area contributed by atoms with E-state index in [1.165, 1.54) is 44.2 Å². The highest BCUT2D eigenvalue weighted by Gasteiger charge is 2.08. The molecular formula is C15H25N3S. The fourth-order valence-corrected chi connectivity index (χ4v) is 3.17. The van der Waals surface area contributed by atoms with Crippen LogP contribution in [0.25, 0.3) is 4.96 Å². The van der Waals surface area contributed by atoms with Crippen molar-refractivity contribution < 1.29 is 0 Å². The first kappa shape index (κ1) is 14.5. The minimum absolute atomic E-state index is 0.929. The van der Waals surface area contributed by atoms with Crippen LogP contribution in [0.5, 0.6) is 0 Å². The Balaban J connectivity index is 1.65. The molecule has 2 rings (SSSR count). The summed E-state index contributed by atoms with van der Waals surface area (Å²) in [4.78, 5) is 5.67. The summed E-state index contributed by atoms with van der Waals surface area (Å²) in [7, 11) is 0. The van der Waals surface area contributed by atoms with Crippen LogP contribution < -0.4 is 5.32 Å². The number of imidazole rings is 1. The van der Waals surface area contributed by atoms with E-state index >= 15 is 0 Å². The molecule has 0 aromatic carbocycles. The van der Waals surface area contributed by atoms with Crippen molar-refractivity contribution in [3.8, 4) is 0 Å². The molecule has 0 unspecified atom stereocenters. The van der Waals surface area contributed by atoms with E-state index in [-0.39, 0.29) is 0 Å². The van der Waals surface area contributed by atoms with E-state index in [0.717, 1.165) is 23.7 Å². The molecule has 0 aliphatic rings. The van der Waals surface area contributed by atoms with Crippen molar-refractivity contribution in [3.05, 3.63) is 23.0 Å². The zero-order chi connectivity index (χ0) is 13.5. The smallest absolute Gasteiger partial charge is 0.194 e. The van der Waals surface area contributed by atoms with Gasteiger partial charge in [0.05, 0.1) is 11.4 Å². The highest BCUT2D eigenvalue weighted by molar-refractivity contribution is 7.15. The molecule has 0 amide bonds. The summed E-state index contributed by atoms with van der Waals surface area (Å²) in [5.41, 5.74) is 2.46. The van der Waals surface area contributed by atoms with E-state index in [1.807, 2.05) is 0 Å². The minimum atomic E-state index is 0.929. The van der Waals surface area contributed by atoms with Crippen LogP contribution in [0.3, 0.4) is 0 Å². The molecule has 0 radical (unpaired) electrons. The Labute approximate surface area is 120 Å². The highest BCUT2D eigenvalue weighted by atomic mass is 32.1. The average molecular weight is 279 g/mol. The SMILES string of the molecule is CCCCCCCCNCc1c(C)nc2sccn12. The Bertz CT molecular complexity index is 487. The molecule has 106 valence electrons. The second-order valence-corrected chi connectivity index (χ2v) is 6.02. The van der Waals surface area contributed by atoms with E-state index < -0.39 is 0 Å². The lowest BCUT2D eigenvalue weighted by Gasteiger charge is -2.05. The molecule has 0 bridgehead atoms. The predicted octanol–water partition coefficient (Wildman–Crippen LogP) is 4.15. The summed E-state index contributed by atoms with van der Waals surface area (Å²) in [5, 5.41) is 5.64. The van der Waals surface area contributed by atoms with Gasteiger partial charge in [-0.05, 0) is 19.9 Å². The van der Waals surface area contributed by atoms with Gasteiger partial charge in [0.15, 0.2) is 4.96 Å². The molecule has 4 heteroatoms. The monoisotopic (exact) mass is 279 g/mol. The lowest BCUT2D eigenvalue weighted by molar-refractivity contribution is 0.568. The third-order valence-corrected chi connectivity index (χ3v) is 4.32. The number of rotatable bonds is 9. The van der Waals surface area contributed by atoms with Crippen LogP contribution in [0.2, 0.25) is 0 Å². The number of aryl methyl sites for hydroxylation is 1. The zero-order valence-corrected chi connectivity index (χ0v) is 12.9. The van der Waals surface area contributed by atoms with Crippen molar-refractivity contribution >= 4 is 16.3 Å². The minimum Gasteiger partial charge on any atom is -0.311 e. The maximum Gasteiger partial charge on any atom is 0.194 e. The second-order valence-electron chi connectivity index (χ2n) is 5.14. The van der Waals surface area contributed by atoms with Gasteiger partial charge in [-0.2, -0.15) is 0 Å². The van der Waals surface area contributed by atoms with Crippen LogP contribution in [0.4, 0.5) is 0 Å². The molecular weight excluding hydrogens is 254 g/mol. The third kappa shape index (κ3) is 4.05. The first-order valence-corrected chi connectivity index (χ1v) is 8.32. The van der Waals surface area contributed by atoms with Gasteiger partial charge in [0, 0.05) is 18.1 Å². The molecule has 2 heterocycles. The number of fused-ring (bicyclic) bond motifs is 1. The Hall–Kier alpha value is -0.870. The van der Waals surface area contributed by atoms with Gasteiger partial charge in [0.1, 0.15) is 0 Å². The second kappa shape index (κ2) is 7.65. The summed E-state index contributed by atoms with van der Waals surface area (Å²) in [5.74, 6) is 0. The molecule has 0 saturated heterocycles. The number of thiazole rings is 1. The molecule has 3 nitrogen and oxygen atoms in total. The van der Waals surface area contributed by atoms with Gasteiger partial charge in [-0.25, -0.2) is 4.98 Å². The van der Waals surface area contributed by atoms with Crippen molar-refractivity contribution in [1.82, 2.24) is 14.7 Å². The van der Waals surface area contributed by atoms with Crippen molar-refractivity contribution in [2.24, 2.45) is 0 Å². The van der Waals surface area contributed by atoms with Crippen LogP contribution in [-0.4, -0.2) is 15.9 Å². The lowest BCUT2D eigenvalue weighted by Crippen LogP contribution is -2.16. The summed E-state index contributed by atoms with van der Waals surface area (Å²) in [6.07, 6.45) is 10.3. The molecule has 2 aromatic rings. The highest BCUT2D eigenvalue weighted by Crippen LogP contribution is 2.16. The predicted molar refractivity (Wildman–Crippen MR) is 82.9 cm³/mol. The number of hydrogen-bond donors (Lipinski definition) is 1. The van der Waals surface area contributed by atoms with E-state index in [2.05, 4.69) is 40.1 Å². The normalized spacial score (nSPS) is 11.5. The third-order valence-electron chi connectivity index (χ3n) is 3.56. The lowest BCUT2D eigenvalue weighted by atomic mass is 10.1. The summed E-state index contributed by atoms with van der Waals surface area (Å²) in [6.45, 7) is 6.41. The molecule has 19 heavy (non-hydrogen) atoms. The van der Waals surface area contributed by atoms with Gasteiger partial charge >= 0.3 is 0 Å². The van der Waals surface area contributed by atoms with Crippen LogP contribution in [0, 0.1) is 6.92 Å². The topological polar surface area (TPSA) is 29.3 Å². The Morgan fingerprint density at radius 2 is 2.00 bits per heavy atom. The van der Waals surface area contributed by atoms with Crippen LogP contribution >= 0.6 is 11.3 Å². The van der Waals surface area contributed by atoms with Crippen LogP contribution in [0.15, 0.2) is 11.6 Å². The maximum absolute atomic E-state index is 4.56. The van der Waals surface area contributed by atoms with Crippen LogP contribution in [0.1, 0.15) is 56.8 Å². The fourth-order valence-electron chi connectivity index (χ4n) is 2.39. The van der Waals surface area contributed by atoms with E-state index in [9.17, 15) is 0 Å². The number of unbranched alkanes of at least 4 members (excludes halogenated alkanes) is 5. The van der Waals surface area contributed by atoms with E-state index in [4.69, 9.17) is 0 Å². The number of nitrogens with zero attached hydrogens (tertiary/aromatic N) is 2. The van der Waals surface area contributed by atoms with Crippen molar-refractivity contribution in [3.63, 3.8) is 0 Å². The first-order valence-electron chi connectivity index (χ1n) is 7.44. The summed E-state index contributed by atoms with van der Waals surface area (Å²) in [6, 6.07) is 0. The molecule has 0 saturated carbocycles. The molecule has 0 atom stereocenters. The van der Waals surface area contributed by atoms with Crippen molar-refractivity contribution in [1.29, 1.82) is 0 Å². The molecule has 1 N–H and O–H groups in total. The van der Waals surface area contributed by atoms with Crippen LogP contribution in [-0.2, 0) is 6.54 Å². The fraction of sp³-hybridized carbons (Fsp3) is 0.667. The van der Waals surface area contributed by atoms with Gasteiger partial charge in [-0.1, -0.05) is 39.0 Å². The molecule has 0 aliphatic carbocycles. The number of hydrogen-bond acceptors (Lipinski definition) is 3.